The normalized spacial score (nSPS) is 13.6. The van der Waals surface area contributed by atoms with E-state index < -0.39 is 175 Å². The molecular formula is C93H134FN21O27. The van der Waals surface area contributed by atoms with Crippen LogP contribution in [-0.2, 0) is 145 Å². The number of carbonyl (C=O) groups excluding carboxylic acids is 12. The molecule has 2 aromatic heterocycles. The first-order chi connectivity index (χ1) is 68.2. The molecule has 142 heavy (non-hydrogen) atoms. The molecule has 4 aromatic carbocycles. The number of rotatable bonds is 74. The van der Waals surface area contributed by atoms with E-state index in [-0.39, 0.29) is 82.5 Å². The topological polar surface area (TPSA) is 696 Å². The van der Waals surface area contributed by atoms with Gasteiger partial charge < -0.3 is 137 Å². The Balaban J connectivity index is 1.07. The van der Waals surface area contributed by atoms with E-state index in [9.17, 15) is 82.8 Å². The van der Waals surface area contributed by atoms with E-state index in [1.165, 1.54) is 38.4 Å². The molecule has 0 aliphatic rings. The number of nitrogens with two attached hydrogens (primary N) is 1. The Morgan fingerprint density at radius 3 is 1.68 bits per heavy atom. The summed E-state index contributed by atoms with van der Waals surface area (Å²) in [6.45, 7) is 12.2. The van der Waals surface area contributed by atoms with Crippen molar-refractivity contribution in [3.8, 4) is 16.9 Å². The van der Waals surface area contributed by atoms with E-state index in [0.29, 0.717) is 148 Å². The Kier molecular flexibility index (Phi) is 53.8. The molecule has 12 amide bonds. The fourth-order valence-electron chi connectivity index (χ4n) is 13.7. The van der Waals surface area contributed by atoms with Gasteiger partial charge in [-0.2, -0.15) is 5.21 Å². The van der Waals surface area contributed by atoms with Crippen LogP contribution in [0.1, 0.15) is 119 Å². The molecule has 20 N–H and O–H groups in total. The minimum atomic E-state index is -2.43. The van der Waals surface area contributed by atoms with Crippen LogP contribution in [0.2, 0.25) is 0 Å². The lowest BCUT2D eigenvalue weighted by atomic mass is 9.90. The number of primary amides is 1. The van der Waals surface area contributed by atoms with E-state index in [2.05, 4.69) is 99.1 Å². The highest BCUT2D eigenvalue weighted by molar-refractivity contribution is 6.06. The van der Waals surface area contributed by atoms with Crippen LogP contribution in [0.15, 0.2) is 109 Å². The van der Waals surface area contributed by atoms with Crippen LogP contribution in [0.4, 0.5) is 4.39 Å². The summed E-state index contributed by atoms with van der Waals surface area (Å²) in [6.07, 6.45) is -0.531. The number of hydrogen-bond donors (Lipinski definition) is 19. The molecule has 49 heteroatoms. The number of azide groups is 1. The van der Waals surface area contributed by atoms with Gasteiger partial charge in [-0.3, -0.25) is 62.3 Å². The number of unbranched alkanes of at least 4 members (excludes halogenated alkanes) is 1. The minimum Gasteiger partial charge on any atom is -0.494 e. The van der Waals surface area contributed by atoms with E-state index in [0.717, 1.165) is 54.7 Å². The van der Waals surface area contributed by atoms with Crippen molar-refractivity contribution in [1.82, 2.24) is 89.1 Å². The zero-order chi connectivity index (χ0) is 104. The van der Waals surface area contributed by atoms with Gasteiger partial charge in [0.05, 0.1) is 157 Å². The maximum atomic E-state index is 15.6. The Morgan fingerprint density at radius 2 is 1.12 bits per heavy atom. The number of aliphatic hydroxyl groups excluding tert-OH is 4. The highest BCUT2D eigenvalue weighted by atomic mass is 19.1. The number of benzene rings is 4. The highest BCUT2D eigenvalue weighted by Crippen LogP contribution is 2.30. The summed E-state index contributed by atoms with van der Waals surface area (Å²) in [5.41, 5.74) is 15.3. The third kappa shape index (κ3) is 43.9. The lowest BCUT2D eigenvalue weighted by Crippen LogP contribution is -2.67. The van der Waals surface area contributed by atoms with Crippen molar-refractivity contribution in [2.45, 2.75) is 185 Å². The molecule has 0 radical (unpaired) electrons. The number of halogens is 1. The van der Waals surface area contributed by atoms with Crippen LogP contribution in [0.25, 0.3) is 21.6 Å². The molecule has 48 nitrogen and oxygen atoms in total. The smallest absolute Gasteiger partial charge is 0.305 e. The van der Waals surface area contributed by atoms with E-state index in [1.807, 2.05) is 43.3 Å². The van der Waals surface area contributed by atoms with Gasteiger partial charge in [0.2, 0.25) is 70.9 Å². The fourth-order valence-corrected chi connectivity index (χ4v) is 13.7. The number of aromatic amines is 2. The van der Waals surface area contributed by atoms with Gasteiger partial charge in [-0.15, -0.1) is 10.2 Å². The van der Waals surface area contributed by atoms with Crippen molar-refractivity contribution in [3.63, 3.8) is 0 Å². The van der Waals surface area contributed by atoms with Crippen molar-refractivity contribution >= 4 is 76.9 Å². The Morgan fingerprint density at radius 1 is 0.556 bits per heavy atom. The lowest BCUT2D eigenvalue weighted by Gasteiger charge is -2.34. The van der Waals surface area contributed by atoms with Crippen LogP contribution in [-0.4, -0.2) is 338 Å². The first kappa shape index (κ1) is 118. The average molecular weight is 2000 g/mol. The molecule has 0 spiro atoms. The molecule has 0 saturated heterocycles. The quantitative estimate of drug-likeness (QED) is 0.00674. The number of tetrazole rings is 1. The van der Waals surface area contributed by atoms with Gasteiger partial charge in [-0.25, -0.2) is 9.37 Å². The first-order valence-corrected chi connectivity index (χ1v) is 46.5. The SMILES string of the molecule is CCc1cc(OCCCCN=[N+]=[N-])ccc1-c1ccc(C[C@H](NC(=O)[C@H](CC(=O)O)NC(=O)[C@H](CO)NC(=O)[C@@H](NC(=O)C(C)(Cc2ccccc2F)NC(=O)[C@@H](NC(=O)CNC(=O)[C@H](Cc2nn[nH]n2)NC(=O)C(C)(C)C(=O)NCCc2cnc[nH]2)[C@@H](C)O)[C@@H](C)O)C(=O)N[C@@H](CCCc2ccc(CNC(=O)CCOCCOCCOCCOCCOCCOCCOCCOCCO)cc2)C(N)=O)cc1. The van der Waals surface area contributed by atoms with E-state index >= 15 is 4.39 Å². The molecular weight excluding hydrogens is 1860 g/mol. The largest absolute Gasteiger partial charge is 0.494 e. The maximum absolute atomic E-state index is 15.6. The molecule has 780 valence electrons. The van der Waals surface area contributed by atoms with Crippen LogP contribution in [0, 0.1) is 11.2 Å². The average Bonchev–Trinajstić information content (AvgIpc) is 1.05. The Bertz CT molecular complexity index is 4950. The van der Waals surface area contributed by atoms with E-state index in [4.69, 9.17) is 59.0 Å². The van der Waals surface area contributed by atoms with Gasteiger partial charge in [-0.05, 0) is 136 Å². The van der Waals surface area contributed by atoms with Crippen molar-refractivity contribution in [2.24, 2.45) is 16.3 Å². The minimum absolute atomic E-state index is 0.0262. The van der Waals surface area contributed by atoms with Crippen molar-refractivity contribution < 1.29 is 135 Å². The zero-order valence-corrected chi connectivity index (χ0v) is 80.6. The summed E-state index contributed by atoms with van der Waals surface area (Å²) in [5.74, 6) is -14.9. The Hall–Kier alpha value is -13.2. The van der Waals surface area contributed by atoms with Gasteiger partial charge in [-0.1, -0.05) is 90.0 Å². The summed E-state index contributed by atoms with van der Waals surface area (Å²) in [4.78, 5) is 190. The molecule has 0 bridgehead atoms. The number of carboxylic acid groups (broad SMARTS) is 1. The molecule has 10 atom stereocenters. The molecule has 2 heterocycles. The van der Waals surface area contributed by atoms with Crippen LogP contribution < -0.4 is 69.0 Å². The highest BCUT2D eigenvalue weighted by Gasteiger charge is 2.44. The van der Waals surface area contributed by atoms with Gasteiger partial charge in [0, 0.05) is 68.5 Å². The summed E-state index contributed by atoms with van der Waals surface area (Å²) in [7, 11) is 0. The summed E-state index contributed by atoms with van der Waals surface area (Å²) < 4.78 is 65.1. The number of ether oxygens (including phenoxy) is 9. The van der Waals surface area contributed by atoms with Crippen LogP contribution in [0.5, 0.6) is 5.75 Å². The number of aromatic nitrogens is 6. The third-order valence-electron chi connectivity index (χ3n) is 21.8. The monoisotopic (exact) mass is 2000 g/mol. The number of H-pyrrole nitrogens is 2. The number of aliphatic carboxylic acids is 1. The van der Waals surface area contributed by atoms with Crippen molar-refractivity contribution in [2.75, 3.05) is 145 Å². The number of aliphatic hydroxyl groups is 4. The number of aryl methyl sites for hydroxylation is 2. The zero-order valence-electron chi connectivity index (χ0n) is 80.6. The predicted octanol–water partition coefficient (Wildman–Crippen LogP) is -1.57. The number of nitrogens with zero attached hydrogens (tertiary/aromatic N) is 7. The molecule has 0 aliphatic heterocycles. The van der Waals surface area contributed by atoms with Gasteiger partial charge in [0.15, 0.2) is 5.82 Å². The number of imidazole rings is 1. The number of amides is 12. The maximum Gasteiger partial charge on any atom is 0.305 e. The van der Waals surface area contributed by atoms with Crippen molar-refractivity contribution in [1.29, 1.82) is 0 Å². The standard InChI is InChI=1S/C93H134FN21O27/c1-7-64-50-68(142-32-11-10-29-102-113-96)25-26-69(64)65-23-21-62(22-24-65)49-72(84(126)103-71(82(95)124)16-12-13-61-17-19-63(20-18-61)54-99-77(120)28-33-134-35-37-136-39-41-138-43-45-140-47-48-141-46-44-139-42-40-137-38-36-135-34-31-116)104-85(127)74(52-79(122)123)105-86(128)75(57-117)106-87(129)80(59(2)118)109-91(133)93(6,53-66-14-8-9-15-70(66)94)110-88(130)81(60(3)119)108-78(121)56-100-83(125)73(51-76-111-114-115-112-76)107-90(132)92(4,5)89(131)98-30-27-67-55-97-58-101-67/h8-9,14-15,17-26,50,55,58-60,71-75,80-81,116-119H,7,10-13,16,27-49,51-54,56-57H2,1-6H3,(H2,95,124)(H,97,101)(H,98,131)(H,99,120)(H,100,125)(H,103,126)(H,104,127)(H,105,128)(H,106,129)(H,107,132)(H,108,121)(H,109,133)(H,110,130)(H,122,123)(H,111,112,114,115)/t59-,60-,71+,72+,73+,74+,75+,80+,81+,93?/m1/s1. The van der Waals surface area contributed by atoms with Crippen LogP contribution >= 0.6 is 0 Å². The fraction of sp³-hybridized carbons (Fsp3) is 0.559. The second-order valence-electron chi connectivity index (χ2n) is 33.4. The number of carbonyl (C=O) groups is 13. The summed E-state index contributed by atoms with van der Waals surface area (Å²) >= 11 is 0. The molecule has 6 aromatic rings. The van der Waals surface area contributed by atoms with Gasteiger partial charge in [0.1, 0.15) is 64.8 Å². The molecule has 6 rings (SSSR count). The molecule has 0 fully saturated rings. The molecule has 0 saturated carbocycles. The Labute approximate surface area is 819 Å². The van der Waals surface area contributed by atoms with Crippen molar-refractivity contribution in [3.05, 3.63) is 159 Å². The molecule has 1 unspecified atom stereocenters. The van der Waals surface area contributed by atoms with Gasteiger partial charge in [0.25, 0.3) is 0 Å². The van der Waals surface area contributed by atoms with Gasteiger partial charge >= 0.3 is 5.97 Å². The number of hydrogen-bond acceptors (Lipinski definition) is 31. The summed E-state index contributed by atoms with van der Waals surface area (Å²) in [5, 5.41) is 95.2. The molecule has 0 aliphatic carbocycles. The lowest BCUT2D eigenvalue weighted by molar-refractivity contribution is -0.143. The summed E-state index contributed by atoms with van der Waals surface area (Å²) in [6, 6.07) is 11.6. The number of carboxylic acids is 1. The second-order valence-corrected chi connectivity index (χ2v) is 33.4. The number of nitrogens with one attached hydrogen (secondary N) is 13. The third-order valence-corrected chi connectivity index (χ3v) is 21.8. The van der Waals surface area contributed by atoms with Crippen LogP contribution in [0.3, 0.4) is 0 Å². The first-order valence-electron chi connectivity index (χ1n) is 46.5. The second kappa shape index (κ2) is 65.0. The predicted molar refractivity (Wildman–Crippen MR) is 505 cm³/mol. The van der Waals surface area contributed by atoms with E-state index in [1.54, 1.807) is 36.5 Å².